The monoisotopic (exact) mass is 373 g/mol. The molecule has 128 valence electrons. The summed E-state index contributed by atoms with van der Waals surface area (Å²) in [4.78, 5) is 30.1. The van der Waals surface area contributed by atoms with E-state index < -0.39 is 11.2 Å². The lowest BCUT2D eigenvalue weighted by atomic mass is 10.2. The van der Waals surface area contributed by atoms with Crippen LogP contribution in [0.2, 0.25) is 5.02 Å². The molecule has 25 heavy (non-hydrogen) atoms. The van der Waals surface area contributed by atoms with Crippen LogP contribution in [0.5, 0.6) is 0 Å². The number of aliphatic imine (C=N–C) groups is 1. The lowest BCUT2D eigenvalue weighted by Gasteiger charge is -2.17. The fourth-order valence-corrected chi connectivity index (χ4v) is 3.83. The highest BCUT2D eigenvalue weighted by Gasteiger charge is 2.39. The Morgan fingerprint density at radius 3 is 2.52 bits per heavy atom. The maximum Gasteiger partial charge on any atom is 0.242 e. The number of nitrogens with two attached hydrogens (primary N) is 1. The minimum atomic E-state index is -0.553. The van der Waals surface area contributed by atoms with Crippen LogP contribution in [0, 0.1) is 0 Å². The summed E-state index contributed by atoms with van der Waals surface area (Å²) >= 11 is 7.48. The number of benzene rings is 2. The van der Waals surface area contributed by atoms with Gasteiger partial charge in [0, 0.05) is 11.4 Å². The van der Waals surface area contributed by atoms with E-state index in [2.05, 4.69) is 4.99 Å². The number of nitrogens with zero attached hydrogens (tertiary/aromatic N) is 2. The van der Waals surface area contributed by atoms with Gasteiger partial charge in [-0.3, -0.25) is 14.5 Å². The highest BCUT2D eigenvalue weighted by molar-refractivity contribution is 8.15. The minimum absolute atomic E-state index is 0.0175. The topological polar surface area (TPSA) is 75.8 Å². The molecule has 0 saturated carbocycles. The van der Waals surface area contributed by atoms with E-state index in [1.54, 1.807) is 11.0 Å². The summed E-state index contributed by atoms with van der Waals surface area (Å²) in [5.74, 6) is -0.692. The van der Waals surface area contributed by atoms with Gasteiger partial charge in [0.05, 0.1) is 12.2 Å². The molecule has 0 radical (unpaired) electrons. The molecule has 0 bridgehead atoms. The van der Waals surface area contributed by atoms with Gasteiger partial charge in [-0.15, -0.1) is 0 Å². The lowest BCUT2D eigenvalue weighted by Crippen LogP contribution is -2.33. The summed E-state index contributed by atoms with van der Waals surface area (Å²) in [6.45, 7) is 0.298. The van der Waals surface area contributed by atoms with Gasteiger partial charge in [0.15, 0.2) is 5.17 Å². The number of amides is 2. The Kier molecular flexibility index (Phi) is 5.40. The van der Waals surface area contributed by atoms with Gasteiger partial charge in [-0.2, -0.15) is 0 Å². The lowest BCUT2D eigenvalue weighted by molar-refractivity contribution is -0.128. The molecule has 1 fully saturated rings. The highest BCUT2D eigenvalue weighted by atomic mass is 35.5. The van der Waals surface area contributed by atoms with Crippen molar-refractivity contribution >= 4 is 46.0 Å². The number of carbonyl (C=O) groups is 2. The molecule has 0 spiro atoms. The van der Waals surface area contributed by atoms with Gasteiger partial charge in [-0.1, -0.05) is 59.8 Å². The summed E-state index contributed by atoms with van der Waals surface area (Å²) < 4.78 is 0. The van der Waals surface area contributed by atoms with Crippen molar-refractivity contribution in [3.63, 3.8) is 0 Å². The highest BCUT2D eigenvalue weighted by Crippen LogP contribution is 2.33. The summed E-state index contributed by atoms with van der Waals surface area (Å²) in [6, 6.07) is 16.7. The van der Waals surface area contributed by atoms with Crippen LogP contribution >= 0.6 is 23.4 Å². The number of hydrogen-bond acceptors (Lipinski definition) is 4. The average Bonchev–Trinajstić information content (AvgIpc) is 2.86. The molecule has 7 heteroatoms. The van der Waals surface area contributed by atoms with Gasteiger partial charge in [0.2, 0.25) is 11.8 Å². The van der Waals surface area contributed by atoms with Gasteiger partial charge in [-0.05, 0) is 23.8 Å². The average molecular weight is 374 g/mol. The van der Waals surface area contributed by atoms with Crippen molar-refractivity contribution in [1.82, 2.24) is 4.90 Å². The number of hydrogen-bond donors (Lipinski definition) is 1. The molecule has 1 unspecified atom stereocenters. The SMILES string of the molecule is NC(=O)CC1SC(=Nc2ccccc2)N(Cc2ccccc2Cl)C1=O. The van der Waals surface area contributed by atoms with Crippen LogP contribution in [0.3, 0.4) is 0 Å². The Labute approximate surface area is 154 Å². The summed E-state index contributed by atoms with van der Waals surface area (Å²) in [5.41, 5.74) is 6.83. The Morgan fingerprint density at radius 2 is 1.84 bits per heavy atom. The van der Waals surface area contributed by atoms with Gasteiger partial charge >= 0.3 is 0 Å². The summed E-state index contributed by atoms with van der Waals surface area (Å²) in [7, 11) is 0. The van der Waals surface area contributed by atoms with Gasteiger partial charge < -0.3 is 5.73 Å². The Morgan fingerprint density at radius 1 is 1.16 bits per heavy atom. The fraction of sp³-hybridized carbons (Fsp3) is 0.167. The zero-order chi connectivity index (χ0) is 17.8. The molecular weight excluding hydrogens is 358 g/mol. The first-order chi connectivity index (χ1) is 12.0. The minimum Gasteiger partial charge on any atom is -0.370 e. The van der Waals surface area contributed by atoms with Crippen molar-refractivity contribution in [2.75, 3.05) is 0 Å². The van der Waals surface area contributed by atoms with E-state index in [0.29, 0.717) is 16.7 Å². The molecule has 1 aliphatic rings. The number of carbonyl (C=O) groups excluding carboxylic acids is 2. The van der Waals surface area contributed by atoms with Crippen molar-refractivity contribution < 1.29 is 9.59 Å². The fourth-order valence-electron chi connectivity index (χ4n) is 2.46. The smallest absolute Gasteiger partial charge is 0.242 e. The van der Waals surface area contributed by atoms with Crippen LogP contribution in [0.4, 0.5) is 5.69 Å². The van der Waals surface area contributed by atoms with Crippen LogP contribution in [-0.2, 0) is 16.1 Å². The molecule has 1 saturated heterocycles. The summed E-state index contributed by atoms with van der Waals surface area (Å²) in [5, 5.41) is 0.572. The molecule has 1 aliphatic heterocycles. The molecule has 0 aliphatic carbocycles. The van der Waals surface area contributed by atoms with Crippen molar-refractivity contribution in [2.45, 2.75) is 18.2 Å². The quantitative estimate of drug-likeness (QED) is 0.873. The largest absolute Gasteiger partial charge is 0.370 e. The summed E-state index contributed by atoms with van der Waals surface area (Å²) in [6.07, 6.45) is -0.0175. The molecule has 1 heterocycles. The predicted octanol–water partition coefficient (Wildman–Crippen LogP) is 3.35. The van der Waals surface area contributed by atoms with Crippen molar-refractivity contribution in [2.24, 2.45) is 10.7 Å². The number of halogens is 1. The van der Waals surface area contributed by atoms with Crippen LogP contribution in [0.25, 0.3) is 0 Å². The second-order valence-electron chi connectivity index (χ2n) is 5.52. The first kappa shape index (κ1) is 17.5. The number of thioether (sulfide) groups is 1. The normalized spacial score (nSPS) is 18.8. The second-order valence-corrected chi connectivity index (χ2v) is 7.10. The first-order valence-electron chi connectivity index (χ1n) is 7.68. The Balaban J connectivity index is 1.92. The van der Waals surface area contributed by atoms with E-state index in [1.165, 1.54) is 11.8 Å². The van der Waals surface area contributed by atoms with E-state index >= 15 is 0 Å². The Bertz CT molecular complexity index is 826. The van der Waals surface area contributed by atoms with E-state index in [4.69, 9.17) is 17.3 Å². The third-order valence-electron chi connectivity index (χ3n) is 3.67. The zero-order valence-electron chi connectivity index (χ0n) is 13.3. The molecule has 3 rings (SSSR count). The third-order valence-corrected chi connectivity index (χ3v) is 5.22. The van der Waals surface area contributed by atoms with E-state index in [1.807, 2.05) is 48.5 Å². The molecule has 0 aromatic heterocycles. The maximum absolute atomic E-state index is 12.7. The zero-order valence-corrected chi connectivity index (χ0v) is 14.8. The van der Waals surface area contributed by atoms with Gasteiger partial charge in [-0.25, -0.2) is 4.99 Å². The van der Waals surface area contributed by atoms with E-state index in [9.17, 15) is 9.59 Å². The number of amidine groups is 1. The third kappa shape index (κ3) is 4.21. The van der Waals surface area contributed by atoms with Crippen LogP contribution in [0.1, 0.15) is 12.0 Å². The molecule has 5 nitrogen and oxygen atoms in total. The van der Waals surface area contributed by atoms with E-state index in [0.717, 1.165) is 11.3 Å². The second kappa shape index (κ2) is 7.72. The Hall–Kier alpha value is -2.31. The van der Waals surface area contributed by atoms with Crippen LogP contribution in [-0.4, -0.2) is 27.1 Å². The molecule has 1 atom stereocenters. The van der Waals surface area contributed by atoms with Crippen molar-refractivity contribution in [1.29, 1.82) is 0 Å². The number of para-hydroxylation sites is 1. The molecule has 2 N–H and O–H groups in total. The first-order valence-corrected chi connectivity index (χ1v) is 8.94. The van der Waals surface area contributed by atoms with Crippen molar-refractivity contribution in [3.05, 3.63) is 65.2 Å². The predicted molar refractivity (Wildman–Crippen MR) is 101 cm³/mol. The van der Waals surface area contributed by atoms with Gasteiger partial charge in [0.1, 0.15) is 5.25 Å². The molecule has 2 amide bonds. The molecular formula is C18H16ClN3O2S. The van der Waals surface area contributed by atoms with Crippen LogP contribution < -0.4 is 5.73 Å². The standard InChI is InChI=1S/C18H16ClN3O2S/c19-14-9-5-4-6-12(14)11-22-17(24)15(10-16(20)23)25-18(22)21-13-7-2-1-3-8-13/h1-9,15H,10-11H2,(H2,20,23). The number of rotatable bonds is 5. The molecule has 2 aromatic rings. The van der Waals surface area contributed by atoms with E-state index in [-0.39, 0.29) is 12.3 Å². The molecule has 2 aromatic carbocycles. The van der Waals surface area contributed by atoms with Crippen molar-refractivity contribution in [3.8, 4) is 0 Å². The van der Waals surface area contributed by atoms with Crippen LogP contribution in [0.15, 0.2) is 59.6 Å². The van der Waals surface area contributed by atoms with Gasteiger partial charge in [0.25, 0.3) is 0 Å². The number of primary amides is 1. The maximum atomic E-state index is 12.7.